The predicted molar refractivity (Wildman–Crippen MR) is 112 cm³/mol. The second-order valence-electron chi connectivity index (χ2n) is 7.53. The van der Waals surface area contributed by atoms with Crippen molar-refractivity contribution in [1.82, 2.24) is 10.6 Å². The zero-order valence-electron chi connectivity index (χ0n) is 18.4. The molecule has 0 radical (unpaired) electrons. The summed E-state index contributed by atoms with van der Waals surface area (Å²) < 4.78 is 34.2. The van der Waals surface area contributed by atoms with Gasteiger partial charge in [-0.3, -0.25) is 0 Å². The smallest absolute Gasteiger partial charge is 0.315 e. The van der Waals surface area contributed by atoms with Gasteiger partial charge in [-0.05, 0) is 25.7 Å². The Bertz CT molecular complexity index is 442. The maximum Gasteiger partial charge on any atom is 0.315 e. The van der Waals surface area contributed by atoms with Crippen LogP contribution in [0.15, 0.2) is 0 Å². The molecule has 2 fully saturated rings. The molecule has 0 bridgehead atoms. The molecule has 3 unspecified atom stereocenters. The van der Waals surface area contributed by atoms with Gasteiger partial charge >= 0.3 is 6.03 Å². The molecular weight excluding hydrogens is 392 g/mol. The van der Waals surface area contributed by atoms with Crippen molar-refractivity contribution in [2.45, 2.75) is 57.3 Å². The Morgan fingerprint density at radius 2 is 1.30 bits per heavy atom. The zero-order valence-corrected chi connectivity index (χ0v) is 18.4. The number of ether oxygens (including phenoxy) is 6. The molecule has 0 aromatic heterocycles. The van der Waals surface area contributed by atoms with Crippen LogP contribution in [-0.4, -0.2) is 96.9 Å². The fourth-order valence-corrected chi connectivity index (χ4v) is 3.49. The highest BCUT2D eigenvalue weighted by atomic mass is 16.6. The summed E-state index contributed by atoms with van der Waals surface area (Å²) >= 11 is 0. The van der Waals surface area contributed by atoms with Gasteiger partial charge in [-0.25, -0.2) is 4.79 Å². The van der Waals surface area contributed by atoms with Gasteiger partial charge in [0.15, 0.2) is 0 Å². The Kier molecular flexibility index (Phi) is 14.1. The molecule has 2 N–H and O–H groups in total. The van der Waals surface area contributed by atoms with Gasteiger partial charge in [0.25, 0.3) is 0 Å². The van der Waals surface area contributed by atoms with Crippen LogP contribution in [0.5, 0.6) is 0 Å². The van der Waals surface area contributed by atoms with Crippen molar-refractivity contribution in [3.63, 3.8) is 0 Å². The van der Waals surface area contributed by atoms with Crippen molar-refractivity contribution in [1.29, 1.82) is 0 Å². The minimum Gasteiger partial charge on any atom is -0.377 e. The first-order valence-electron chi connectivity index (χ1n) is 11.4. The highest BCUT2D eigenvalue weighted by Crippen LogP contribution is 2.24. The van der Waals surface area contributed by atoms with Crippen LogP contribution in [0.3, 0.4) is 0 Å². The van der Waals surface area contributed by atoms with Crippen LogP contribution in [0, 0.1) is 0 Å². The van der Waals surface area contributed by atoms with Crippen molar-refractivity contribution in [2.75, 3.05) is 72.6 Å². The van der Waals surface area contributed by atoms with Crippen molar-refractivity contribution < 1.29 is 33.2 Å². The maximum atomic E-state index is 12.1. The first kappa shape index (κ1) is 25.3. The van der Waals surface area contributed by atoms with Gasteiger partial charge in [-0.15, -0.1) is 0 Å². The summed E-state index contributed by atoms with van der Waals surface area (Å²) in [5.41, 5.74) is 0. The SMILES string of the molecule is CCCCNC(=O)NC1CCC2OCCOCCOCCOCCOCCOC2C1. The molecular formula is C21H40N2O7. The van der Waals surface area contributed by atoms with Crippen molar-refractivity contribution in [3.05, 3.63) is 0 Å². The predicted octanol–water partition coefficient (Wildman–Crippen LogP) is 1.49. The van der Waals surface area contributed by atoms with E-state index in [1.807, 2.05) is 0 Å². The lowest BCUT2D eigenvalue weighted by Crippen LogP contribution is -2.49. The molecule has 3 atom stereocenters. The number of amides is 2. The summed E-state index contributed by atoms with van der Waals surface area (Å²) in [5.74, 6) is 0. The third-order valence-electron chi connectivity index (χ3n) is 5.12. The second kappa shape index (κ2) is 16.7. The Labute approximate surface area is 180 Å². The average Bonchev–Trinajstić information content (AvgIpc) is 2.74. The molecule has 1 saturated heterocycles. The number of carbonyl (C=O) groups excluding carboxylic acids is 1. The number of urea groups is 1. The van der Waals surface area contributed by atoms with Crippen molar-refractivity contribution in [2.24, 2.45) is 0 Å². The van der Waals surface area contributed by atoms with Crippen molar-refractivity contribution in [3.8, 4) is 0 Å². The van der Waals surface area contributed by atoms with E-state index < -0.39 is 0 Å². The standard InChI is InChI=1S/C21H40N2O7/c1-2-3-6-22-21(24)23-18-4-5-19-20(17-18)30-16-14-28-12-10-26-8-7-25-9-11-27-13-15-29-19/h18-20H,2-17H2,1H3,(H2,22,23,24). The summed E-state index contributed by atoms with van der Waals surface area (Å²) in [6.07, 6.45) is 4.39. The lowest BCUT2D eigenvalue weighted by Gasteiger charge is -2.36. The molecule has 30 heavy (non-hydrogen) atoms. The highest BCUT2D eigenvalue weighted by molar-refractivity contribution is 5.74. The lowest BCUT2D eigenvalue weighted by atomic mass is 9.90. The quantitative estimate of drug-likeness (QED) is 0.650. The molecule has 0 spiro atoms. The van der Waals surface area contributed by atoms with E-state index in [4.69, 9.17) is 28.4 Å². The number of rotatable bonds is 4. The summed E-state index contributed by atoms with van der Waals surface area (Å²) in [5, 5.41) is 5.98. The van der Waals surface area contributed by atoms with Gasteiger partial charge in [0.05, 0.1) is 78.3 Å². The molecule has 9 nitrogen and oxygen atoms in total. The zero-order chi connectivity index (χ0) is 21.3. The normalized spacial score (nSPS) is 28.5. The number of hydrogen-bond donors (Lipinski definition) is 2. The van der Waals surface area contributed by atoms with Crippen LogP contribution >= 0.6 is 0 Å². The summed E-state index contributed by atoms with van der Waals surface area (Å²) in [7, 11) is 0. The third kappa shape index (κ3) is 11.4. The molecule has 0 aromatic rings. The minimum atomic E-state index is -0.105. The van der Waals surface area contributed by atoms with Crippen molar-refractivity contribution >= 4 is 6.03 Å². The van der Waals surface area contributed by atoms with Gasteiger partial charge in [0, 0.05) is 12.6 Å². The first-order valence-corrected chi connectivity index (χ1v) is 11.4. The lowest BCUT2D eigenvalue weighted by molar-refractivity contribution is -0.116. The molecule has 1 aliphatic heterocycles. The van der Waals surface area contributed by atoms with E-state index in [0.29, 0.717) is 72.6 Å². The fourth-order valence-electron chi connectivity index (χ4n) is 3.49. The molecule has 1 saturated carbocycles. The van der Waals surface area contributed by atoms with Gasteiger partial charge in [0.2, 0.25) is 0 Å². The summed E-state index contributed by atoms with van der Waals surface area (Å²) in [6, 6.07) is -0.0241. The maximum absolute atomic E-state index is 12.1. The van der Waals surface area contributed by atoms with E-state index >= 15 is 0 Å². The largest absolute Gasteiger partial charge is 0.377 e. The van der Waals surface area contributed by atoms with E-state index in [-0.39, 0.29) is 24.3 Å². The Morgan fingerprint density at radius 1 is 0.767 bits per heavy atom. The molecule has 1 aliphatic carbocycles. The van der Waals surface area contributed by atoms with E-state index in [1.54, 1.807) is 0 Å². The van der Waals surface area contributed by atoms with Crippen LogP contribution in [-0.2, 0) is 28.4 Å². The molecule has 2 aliphatic rings. The van der Waals surface area contributed by atoms with Crippen LogP contribution in [0.2, 0.25) is 0 Å². The molecule has 2 rings (SSSR count). The summed E-state index contributed by atoms with van der Waals surface area (Å²) in [4.78, 5) is 12.1. The second-order valence-corrected chi connectivity index (χ2v) is 7.53. The minimum absolute atomic E-state index is 0.00623. The van der Waals surface area contributed by atoms with Gasteiger partial charge in [-0.2, -0.15) is 0 Å². The number of carbonyl (C=O) groups is 1. The first-order chi connectivity index (χ1) is 14.8. The monoisotopic (exact) mass is 432 g/mol. The molecule has 2 amide bonds. The number of fused-ring (bicyclic) bond motifs is 1. The molecule has 1 heterocycles. The van der Waals surface area contributed by atoms with E-state index in [2.05, 4.69) is 17.6 Å². The third-order valence-corrected chi connectivity index (χ3v) is 5.12. The van der Waals surface area contributed by atoms with Crippen LogP contribution in [0.25, 0.3) is 0 Å². The van der Waals surface area contributed by atoms with Gasteiger partial charge < -0.3 is 39.1 Å². The van der Waals surface area contributed by atoms with Crippen LogP contribution < -0.4 is 10.6 Å². The van der Waals surface area contributed by atoms with Gasteiger partial charge in [-0.1, -0.05) is 13.3 Å². The van der Waals surface area contributed by atoms with E-state index in [9.17, 15) is 4.79 Å². The Balaban J connectivity index is 1.77. The fraction of sp³-hybridized carbons (Fsp3) is 0.952. The molecule has 0 aromatic carbocycles. The van der Waals surface area contributed by atoms with Crippen LogP contribution in [0.1, 0.15) is 39.0 Å². The summed E-state index contributed by atoms with van der Waals surface area (Å²) in [6.45, 7) is 8.08. The molecule has 9 heteroatoms. The van der Waals surface area contributed by atoms with E-state index in [1.165, 1.54) is 0 Å². The Hall–Kier alpha value is -0.970. The van der Waals surface area contributed by atoms with E-state index in [0.717, 1.165) is 32.1 Å². The Morgan fingerprint density at radius 3 is 1.87 bits per heavy atom. The topological polar surface area (TPSA) is 96.5 Å². The highest BCUT2D eigenvalue weighted by Gasteiger charge is 2.32. The average molecular weight is 433 g/mol. The molecule has 176 valence electrons. The van der Waals surface area contributed by atoms with Crippen LogP contribution in [0.4, 0.5) is 4.79 Å². The number of nitrogens with one attached hydrogen (secondary N) is 2. The number of unbranched alkanes of at least 4 members (excludes halogenated alkanes) is 1. The van der Waals surface area contributed by atoms with Gasteiger partial charge in [0.1, 0.15) is 0 Å². The number of hydrogen-bond acceptors (Lipinski definition) is 7.